The number of phenolic OH excluding ortho intramolecular Hbond substituents is 2. The van der Waals surface area contributed by atoms with Crippen LogP contribution in [0.5, 0.6) is 11.5 Å². The highest BCUT2D eigenvalue weighted by Gasteiger charge is 2.33. The first-order valence-electron chi connectivity index (χ1n) is 6.51. The maximum atomic E-state index is 12.6. The van der Waals surface area contributed by atoms with E-state index in [0.29, 0.717) is 25.5 Å². The van der Waals surface area contributed by atoms with Crippen molar-refractivity contribution < 1.29 is 15.0 Å². The van der Waals surface area contributed by atoms with Crippen LogP contribution in [0.3, 0.4) is 0 Å². The number of thiocarbonyl (C=S) groups is 1. The smallest absolute Gasteiger partial charge is 0.270 e. The lowest BCUT2D eigenvalue weighted by Gasteiger charge is -2.14. The number of thioether (sulfide) groups is 1. The molecule has 0 spiro atoms. The zero-order valence-corrected chi connectivity index (χ0v) is 14.0. The van der Waals surface area contributed by atoms with Gasteiger partial charge >= 0.3 is 0 Å². The second kappa shape index (κ2) is 6.23. The molecule has 1 heterocycles. The van der Waals surface area contributed by atoms with E-state index in [1.807, 2.05) is 0 Å². The van der Waals surface area contributed by atoms with E-state index in [0.717, 1.165) is 0 Å². The highest BCUT2D eigenvalue weighted by molar-refractivity contribution is 8.27. The average Bonchev–Trinajstić information content (AvgIpc) is 2.77. The molecular weight excluding hydrogens is 354 g/mol. The number of carbonyl (C=O) groups is 1. The fourth-order valence-electron chi connectivity index (χ4n) is 2.09. The predicted octanol–water partition coefficient (Wildman–Crippen LogP) is 4.16. The van der Waals surface area contributed by atoms with E-state index in [2.05, 4.69) is 0 Å². The van der Waals surface area contributed by atoms with E-state index in [4.69, 9.17) is 23.8 Å². The van der Waals surface area contributed by atoms with Crippen molar-refractivity contribution in [3.05, 3.63) is 58.0 Å². The molecule has 116 valence electrons. The zero-order chi connectivity index (χ0) is 16.6. The Bertz CT molecular complexity index is 851. The van der Waals surface area contributed by atoms with E-state index in [1.54, 1.807) is 36.4 Å². The normalized spacial score (nSPS) is 16.4. The molecular formula is C16H10ClNO3S2. The third kappa shape index (κ3) is 3.19. The third-order valence-electron chi connectivity index (χ3n) is 3.16. The highest BCUT2D eigenvalue weighted by atomic mass is 35.5. The zero-order valence-electron chi connectivity index (χ0n) is 11.6. The van der Waals surface area contributed by atoms with Crippen LogP contribution < -0.4 is 4.90 Å². The first-order valence-corrected chi connectivity index (χ1v) is 8.11. The molecule has 2 aromatic carbocycles. The summed E-state index contributed by atoms with van der Waals surface area (Å²) in [5, 5.41) is 19.4. The minimum atomic E-state index is -0.255. The van der Waals surface area contributed by atoms with Gasteiger partial charge in [-0.05, 0) is 42.0 Å². The Kier molecular flexibility index (Phi) is 4.30. The first-order chi connectivity index (χ1) is 11.0. The summed E-state index contributed by atoms with van der Waals surface area (Å²) in [6.45, 7) is 0. The van der Waals surface area contributed by atoms with Gasteiger partial charge in [-0.1, -0.05) is 47.7 Å². The molecule has 1 amide bonds. The largest absolute Gasteiger partial charge is 0.504 e. The summed E-state index contributed by atoms with van der Waals surface area (Å²) < 4.78 is 0.409. The molecule has 0 unspecified atom stereocenters. The number of carbonyl (C=O) groups excluding carboxylic acids is 1. The van der Waals surface area contributed by atoms with E-state index in [-0.39, 0.29) is 17.4 Å². The number of benzene rings is 2. The molecule has 23 heavy (non-hydrogen) atoms. The number of hydrogen-bond acceptors (Lipinski definition) is 5. The van der Waals surface area contributed by atoms with Gasteiger partial charge < -0.3 is 10.2 Å². The average molecular weight is 364 g/mol. The van der Waals surface area contributed by atoms with Crippen molar-refractivity contribution in [3.8, 4) is 11.5 Å². The maximum absolute atomic E-state index is 12.6. The lowest BCUT2D eigenvalue weighted by Crippen LogP contribution is -2.27. The van der Waals surface area contributed by atoms with Crippen LogP contribution in [-0.4, -0.2) is 20.4 Å². The molecule has 1 saturated heterocycles. The molecule has 3 rings (SSSR count). The van der Waals surface area contributed by atoms with Gasteiger partial charge in [-0.25, -0.2) is 0 Å². The topological polar surface area (TPSA) is 60.8 Å². The van der Waals surface area contributed by atoms with Crippen molar-refractivity contribution in [2.45, 2.75) is 0 Å². The van der Waals surface area contributed by atoms with E-state index in [9.17, 15) is 15.0 Å². The van der Waals surface area contributed by atoms with Crippen LogP contribution in [0.25, 0.3) is 6.08 Å². The van der Waals surface area contributed by atoms with Gasteiger partial charge in [0.15, 0.2) is 15.8 Å². The number of halogens is 1. The quantitative estimate of drug-likeness (QED) is 0.476. The van der Waals surface area contributed by atoms with Gasteiger partial charge in [0.1, 0.15) is 0 Å². The first kappa shape index (κ1) is 15.9. The highest BCUT2D eigenvalue weighted by Crippen LogP contribution is 2.37. The maximum Gasteiger partial charge on any atom is 0.270 e. The number of rotatable bonds is 2. The number of nitrogens with zero attached hydrogens (tertiary/aromatic N) is 1. The van der Waals surface area contributed by atoms with Crippen molar-refractivity contribution >= 4 is 57.6 Å². The molecule has 0 aromatic heterocycles. The Balaban J connectivity index is 1.94. The molecule has 0 bridgehead atoms. The Morgan fingerprint density at radius 2 is 1.91 bits per heavy atom. The summed E-state index contributed by atoms with van der Waals surface area (Å²) in [7, 11) is 0. The number of hydrogen-bond donors (Lipinski definition) is 2. The lowest BCUT2D eigenvalue weighted by atomic mass is 10.2. The molecule has 4 nitrogen and oxygen atoms in total. The van der Waals surface area contributed by atoms with Gasteiger partial charge in [0, 0.05) is 5.02 Å². The summed E-state index contributed by atoms with van der Waals surface area (Å²) in [6, 6.07) is 11.2. The molecule has 0 radical (unpaired) electrons. The number of anilines is 1. The summed E-state index contributed by atoms with van der Waals surface area (Å²) in [5.74, 6) is -0.715. The van der Waals surface area contributed by atoms with Crippen LogP contribution in [0.15, 0.2) is 47.4 Å². The van der Waals surface area contributed by atoms with Gasteiger partial charge in [-0.15, -0.1) is 0 Å². The molecule has 1 aliphatic heterocycles. The second-order valence-electron chi connectivity index (χ2n) is 4.75. The fourth-order valence-corrected chi connectivity index (χ4v) is 3.57. The molecule has 0 aliphatic carbocycles. The Morgan fingerprint density at radius 1 is 1.13 bits per heavy atom. The SMILES string of the molecule is O=C1/C(=C/c2ccc(O)c(O)c2)SC(=S)N1c1cccc(Cl)c1. The molecule has 0 atom stereocenters. The van der Waals surface area contributed by atoms with Gasteiger partial charge in [0.05, 0.1) is 10.6 Å². The molecule has 2 aromatic rings. The number of aromatic hydroxyl groups is 2. The van der Waals surface area contributed by atoms with Gasteiger partial charge in [-0.3, -0.25) is 9.69 Å². The Morgan fingerprint density at radius 3 is 2.61 bits per heavy atom. The molecule has 1 fully saturated rings. The monoisotopic (exact) mass is 363 g/mol. The Labute approximate surface area is 147 Å². The van der Waals surface area contributed by atoms with Gasteiger partial charge in [0.2, 0.25) is 0 Å². The van der Waals surface area contributed by atoms with Crippen LogP contribution in [0.4, 0.5) is 5.69 Å². The van der Waals surface area contributed by atoms with Crippen molar-refractivity contribution in [1.82, 2.24) is 0 Å². The summed E-state index contributed by atoms with van der Waals surface area (Å²) in [6.07, 6.45) is 1.61. The van der Waals surface area contributed by atoms with E-state index < -0.39 is 0 Å². The standard InChI is InChI=1S/C16H10ClNO3S2/c17-10-2-1-3-11(8-10)18-15(21)14(23-16(18)22)7-9-4-5-12(19)13(20)6-9/h1-8,19-20H/b14-7-. The van der Waals surface area contributed by atoms with Crippen molar-refractivity contribution in [3.63, 3.8) is 0 Å². The molecule has 7 heteroatoms. The van der Waals surface area contributed by atoms with Crippen LogP contribution in [0.2, 0.25) is 5.02 Å². The summed E-state index contributed by atoms with van der Waals surface area (Å²) in [5.41, 5.74) is 1.20. The second-order valence-corrected chi connectivity index (χ2v) is 6.86. The molecule has 1 aliphatic rings. The summed E-state index contributed by atoms with van der Waals surface area (Å²) in [4.78, 5) is 14.4. The lowest BCUT2D eigenvalue weighted by molar-refractivity contribution is -0.113. The van der Waals surface area contributed by atoms with Crippen molar-refractivity contribution in [1.29, 1.82) is 0 Å². The van der Waals surface area contributed by atoms with Gasteiger partial charge in [0.25, 0.3) is 5.91 Å². The minimum absolute atomic E-state index is 0.214. The van der Waals surface area contributed by atoms with Crippen LogP contribution in [0, 0.1) is 0 Å². The Hall–Kier alpha value is -2.02. The van der Waals surface area contributed by atoms with Crippen LogP contribution >= 0.6 is 35.6 Å². The molecule has 0 saturated carbocycles. The van der Waals surface area contributed by atoms with E-state index >= 15 is 0 Å². The number of amides is 1. The number of phenols is 2. The molecule has 2 N–H and O–H groups in total. The predicted molar refractivity (Wildman–Crippen MR) is 96.9 cm³/mol. The van der Waals surface area contributed by atoms with Gasteiger partial charge in [-0.2, -0.15) is 0 Å². The van der Waals surface area contributed by atoms with E-state index in [1.165, 1.54) is 28.8 Å². The van der Waals surface area contributed by atoms with Crippen LogP contribution in [-0.2, 0) is 4.79 Å². The van der Waals surface area contributed by atoms with Crippen molar-refractivity contribution in [2.24, 2.45) is 0 Å². The minimum Gasteiger partial charge on any atom is -0.504 e. The summed E-state index contributed by atoms with van der Waals surface area (Å²) >= 11 is 12.4. The van der Waals surface area contributed by atoms with Crippen LogP contribution in [0.1, 0.15) is 5.56 Å². The fraction of sp³-hybridized carbons (Fsp3) is 0. The van der Waals surface area contributed by atoms with Crippen molar-refractivity contribution in [2.75, 3.05) is 4.90 Å². The third-order valence-corrected chi connectivity index (χ3v) is 4.69.